The fourth-order valence-corrected chi connectivity index (χ4v) is 2.10. The van der Waals surface area contributed by atoms with E-state index in [0.717, 1.165) is 11.8 Å². The first-order chi connectivity index (χ1) is 9.45. The molecule has 0 aromatic heterocycles. The number of thioether (sulfide) groups is 1. The summed E-state index contributed by atoms with van der Waals surface area (Å²) in [6.45, 7) is 1.96. The van der Waals surface area contributed by atoms with Crippen molar-refractivity contribution < 1.29 is 25.0 Å². The highest BCUT2D eigenvalue weighted by Gasteiger charge is 2.20. The molecule has 0 amide bonds. The molecule has 8 heteroatoms. The minimum Gasteiger partial charge on any atom is -0.462 e. The van der Waals surface area contributed by atoms with E-state index in [4.69, 9.17) is 4.74 Å². The van der Waals surface area contributed by atoms with Crippen molar-refractivity contribution in [3.63, 3.8) is 0 Å². The minimum atomic E-state index is -0.623. The van der Waals surface area contributed by atoms with Crippen LogP contribution in [0.2, 0.25) is 0 Å². The number of non-ortho nitro benzene ring substituents is 1. The van der Waals surface area contributed by atoms with Crippen LogP contribution in [0.15, 0.2) is 24.3 Å². The number of nitrogens with zero attached hydrogens (tertiary/aromatic N) is 1. The summed E-state index contributed by atoms with van der Waals surface area (Å²) < 4.78 is 4.78. The van der Waals surface area contributed by atoms with Gasteiger partial charge in [-0.3, -0.25) is 14.9 Å². The summed E-state index contributed by atoms with van der Waals surface area (Å²) in [7, 11) is 0. The Labute approximate surface area is 119 Å². The molecule has 0 unspecified atom stereocenters. The molecule has 0 aliphatic carbocycles. The van der Waals surface area contributed by atoms with Crippen LogP contribution in [-0.2, 0) is 9.53 Å². The molecule has 7 nitrogen and oxygen atoms in total. The minimum absolute atomic E-state index is 0.0758. The van der Waals surface area contributed by atoms with E-state index in [0.29, 0.717) is 5.56 Å². The summed E-state index contributed by atoms with van der Waals surface area (Å²) in [6.07, 6.45) is 0. The Bertz CT molecular complexity index is 503. The van der Waals surface area contributed by atoms with Crippen molar-refractivity contribution >= 4 is 28.5 Å². The first kappa shape index (κ1) is 16.1. The number of nitro groups is 1. The van der Waals surface area contributed by atoms with Crippen LogP contribution in [0, 0.1) is 10.1 Å². The highest BCUT2D eigenvalue weighted by Crippen LogP contribution is 2.17. The Kier molecular flexibility index (Phi) is 6.13. The monoisotopic (exact) mass is 299 g/mol. The molecular formula is C12H15N2O5S+. The molecule has 0 saturated heterocycles. The Morgan fingerprint density at radius 2 is 2.00 bits per heavy atom. The number of esters is 1. The average molecular weight is 299 g/mol. The highest BCUT2D eigenvalue weighted by atomic mass is 32.2. The second-order valence-corrected chi connectivity index (χ2v) is 4.84. The van der Waals surface area contributed by atoms with Crippen molar-refractivity contribution in [2.75, 3.05) is 12.4 Å². The Balaban J connectivity index is 2.54. The molecule has 20 heavy (non-hydrogen) atoms. The number of hydrogen-bond donors (Lipinski definition) is 1. The third-order valence-corrected chi connectivity index (χ3v) is 3.42. The van der Waals surface area contributed by atoms with Gasteiger partial charge in [-0.25, -0.2) is 4.79 Å². The topological polar surface area (TPSA) is 114 Å². The molecule has 1 aromatic carbocycles. The van der Waals surface area contributed by atoms with Gasteiger partial charge in [0.2, 0.25) is 5.12 Å². The molecule has 0 fully saturated rings. The molecule has 1 atom stereocenters. The molecule has 0 saturated carbocycles. The summed E-state index contributed by atoms with van der Waals surface area (Å²) in [4.78, 5) is 33.1. The molecule has 0 bridgehead atoms. The van der Waals surface area contributed by atoms with E-state index in [2.05, 4.69) is 5.73 Å². The van der Waals surface area contributed by atoms with Gasteiger partial charge in [0.1, 0.15) is 0 Å². The number of carbonyl (C=O) groups is 2. The lowest BCUT2D eigenvalue weighted by Crippen LogP contribution is -2.66. The van der Waals surface area contributed by atoms with E-state index in [1.807, 2.05) is 0 Å². The van der Waals surface area contributed by atoms with Crippen LogP contribution in [0.1, 0.15) is 17.3 Å². The third-order valence-electron chi connectivity index (χ3n) is 2.35. The normalized spacial score (nSPS) is 11.7. The maximum Gasteiger partial charge on any atom is 0.365 e. The third kappa shape index (κ3) is 4.63. The molecule has 1 aromatic rings. The number of carbonyl (C=O) groups excluding carboxylic acids is 2. The second kappa shape index (κ2) is 7.61. The predicted molar refractivity (Wildman–Crippen MR) is 73.2 cm³/mol. The number of quaternary nitrogens is 1. The predicted octanol–water partition coefficient (Wildman–Crippen LogP) is 0.642. The molecule has 0 aliphatic rings. The standard InChI is InChI=1S/C12H14N2O5S/c1-2-19-11(15)10(13)7-20-12(16)8-3-5-9(6-4-8)14(17)18/h3-6,10H,2,7,13H2,1H3/p+1/t10-/m1/s1. The van der Waals surface area contributed by atoms with Crippen molar-refractivity contribution in [2.45, 2.75) is 13.0 Å². The fourth-order valence-electron chi connectivity index (χ4n) is 1.31. The van der Waals surface area contributed by atoms with Gasteiger partial charge < -0.3 is 10.5 Å². The first-order valence-electron chi connectivity index (χ1n) is 5.87. The van der Waals surface area contributed by atoms with Gasteiger partial charge in [0, 0.05) is 17.7 Å². The number of benzene rings is 1. The fraction of sp³-hybridized carbons (Fsp3) is 0.333. The van der Waals surface area contributed by atoms with Gasteiger partial charge in [-0.1, -0.05) is 11.8 Å². The molecule has 108 valence electrons. The van der Waals surface area contributed by atoms with E-state index in [9.17, 15) is 19.7 Å². The lowest BCUT2D eigenvalue weighted by atomic mass is 10.2. The quantitative estimate of drug-likeness (QED) is 0.468. The van der Waals surface area contributed by atoms with Gasteiger partial charge in [0.05, 0.1) is 17.3 Å². The average Bonchev–Trinajstić information content (AvgIpc) is 2.44. The smallest absolute Gasteiger partial charge is 0.365 e. The van der Waals surface area contributed by atoms with Crippen LogP contribution in [0.5, 0.6) is 0 Å². The number of hydrogen-bond acceptors (Lipinski definition) is 6. The van der Waals surface area contributed by atoms with Crippen molar-refractivity contribution in [1.82, 2.24) is 0 Å². The lowest BCUT2D eigenvalue weighted by Gasteiger charge is -2.06. The van der Waals surface area contributed by atoms with Crippen molar-refractivity contribution in [3.05, 3.63) is 39.9 Å². The summed E-state index contributed by atoms with van der Waals surface area (Å²) in [5, 5.41) is 10.2. The summed E-state index contributed by atoms with van der Waals surface area (Å²) in [5.74, 6) is -0.245. The number of ether oxygens (including phenoxy) is 1. The zero-order chi connectivity index (χ0) is 15.1. The maximum atomic E-state index is 11.8. The summed E-state index contributed by atoms with van der Waals surface area (Å²) >= 11 is 0.934. The molecule has 0 aliphatic heterocycles. The van der Waals surface area contributed by atoms with Crippen molar-refractivity contribution in [2.24, 2.45) is 0 Å². The van der Waals surface area contributed by atoms with E-state index in [-0.39, 0.29) is 23.2 Å². The van der Waals surface area contributed by atoms with Gasteiger partial charge in [0.15, 0.2) is 6.04 Å². The van der Waals surface area contributed by atoms with Crippen molar-refractivity contribution in [1.29, 1.82) is 0 Å². The zero-order valence-electron chi connectivity index (χ0n) is 10.9. The van der Waals surface area contributed by atoms with E-state index >= 15 is 0 Å². The largest absolute Gasteiger partial charge is 0.462 e. The van der Waals surface area contributed by atoms with E-state index < -0.39 is 16.9 Å². The Hall–Kier alpha value is -1.93. The number of rotatable bonds is 6. The van der Waals surface area contributed by atoms with Gasteiger partial charge in [-0.2, -0.15) is 0 Å². The maximum absolute atomic E-state index is 11.8. The summed E-state index contributed by atoms with van der Waals surface area (Å²) in [6, 6.07) is 4.68. The Morgan fingerprint density at radius 1 is 1.40 bits per heavy atom. The van der Waals surface area contributed by atoms with Crippen LogP contribution in [-0.4, -0.2) is 34.4 Å². The molecule has 1 rings (SSSR count). The highest BCUT2D eigenvalue weighted by molar-refractivity contribution is 8.14. The summed E-state index contributed by atoms with van der Waals surface area (Å²) in [5.41, 5.74) is 3.89. The van der Waals surface area contributed by atoms with Crippen LogP contribution >= 0.6 is 11.8 Å². The van der Waals surface area contributed by atoms with E-state index in [1.54, 1.807) is 6.92 Å². The molecule has 3 N–H and O–H groups in total. The van der Waals surface area contributed by atoms with Gasteiger partial charge in [-0.05, 0) is 19.1 Å². The molecular weight excluding hydrogens is 284 g/mol. The van der Waals surface area contributed by atoms with E-state index in [1.165, 1.54) is 24.3 Å². The van der Waals surface area contributed by atoms with Crippen molar-refractivity contribution in [3.8, 4) is 0 Å². The lowest BCUT2D eigenvalue weighted by molar-refractivity contribution is -0.401. The zero-order valence-corrected chi connectivity index (χ0v) is 11.7. The van der Waals surface area contributed by atoms with Gasteiger partial charge in [0.25, 0.3) is 5.69 Å². The molecule has 0 radical (unpaired) electrons. The van der Waals surface area contributed by atoms with Crippen LogP contribution in [0.4, 0.5) is 5.69 Å². The molecule has 0 heterocycles. The number of nitro benzene ring substituents is 1. The van der Waals surface area contributed by atoms with Crippen LogP contribution in [0.3, 0.4) is 0 Å². The Morgan fingerprint density at radius 3 is 2.50 bits per heavy atom. The van der Waals surface area contributed by atoms with Crippen LogP contribution < -0.4 is 5.73 Å². The second-order valence-electron chi connectivity index (χ2n) is 3.85. The first-order valence-corrected chi connectivity index (χ1v) is 6.85. The van der Waals surface area contributed by atoms with Crippen LogP contribution in [0.25, 0.3) is 0 Å². The van der Waals surface area contributed by atoms with Gasteiger partial charge >= 0.3 is 5.97 Å². The SMILES string of the molecule is CCOC(=O)[C@H]([NH3+])CSC(=O)c1ccc([N+](=O)[O-])cc1. The molecule has 0 spiro atoms. The van der Waals surface area contributed by atoms with Gasteiger partial charge in [-0.15, -0.1) is 0 Å².